The van der Waals surface area contributed by atoms with Gasteiger partial charge in [0.15, 0.2) is 0 Å². The minimum absolute atomic E-state index is 0.0888. The fourth-order valence-electron chi connectivity index (χ4n) is 7.28. The summed E-state index contributed by atoms with van der Waals surface area (Å²) in [7, 11) is 7.85. The van der Waals surface area contributed by atoms with Gasteiger partial charge < -0.3 is 20.4 Å². The first-order valence-electron chi connectivity index (χ1n) is 15.3. The van der Waals surface area contributed by atoms with Crippen LogP contribution in [0.3, 0.4) is 0 Å². The van der Waals surface area contributed by atoms with Crippen molar-refractivity contribution in [2.24, 2.45) is 0 Å². The SMILES string of the molecule is CN(C)CCCNC(=O)C12N3Cc4ccccc4CN1C(=O)N1Cc4ccccc4CN(C3=O)C12C(=O)NCCCN(C)C. The normalized spacial score (nSPS) is 23.4. The molecule has 0 bridgehead atoms. The number of urea groups is 2. The predicted octanol–water partition coefficient (Wildman–Crippen LogP) is 1.42. The van der Waals surface area contributed by atoms with Crippen molar-refractivity contribution in [3.05, 3.63) is 70.8 Å². The Kier molecular flexibility index (Phi) is 7.75. The number of fused-ring (bicyclic) bond motifs is 2. The highest BCUT2D eigenvalue weighted by molar-refractivity contribution is 6.12. The lowest BCUT2D eigenvalue weighted by Gasteiger charge is -2.45. The van der Waals surface area contributed by atoms with E-state index in [2.05, 4.69) is 10.6 Å². The van der Waals surface area contributed by atoms with Crippen LogP contribution in [0.15, 0.2) is 48.5 Å². The first-order valence-corrected chi connectivity index (χ1v) is 15.3. The van der Waals surface area contributed by atoms with Gasteiger partial charge in [0.25, 0.3) is 23.1 Å². The highest BCUT2D eigenvalue weighted by Crippen LogP contribution is 2.56. The van der Waals surface area contributed by atoms with Crippen LogP contribution in [0.25, 0.3) is 0 Å². The summed E-state index contributed by atoms with van der Waals surface area (Å²) in [6, 6.07) is 14.3. The molecule has 0 unspecified atom stereocenters. The summed E-state index contributed by atoms with van der Waals surface area (Å²) in [5.41, 5.74) is -0.510. The number of hydrogen-bond acceptors (Lipinski definition) is 6. The van der Waals surface area contributed by atoms with Gasteiger partial charge in [-0.25, -0.2) is 9.59 Å². The molecular formula is C32H42N8O4. The van der Waals surface area contributed by atoms with Gasteiger partial charge in [0.2, 0.25) is 0 Å². The molecule has 0 aliphatic carbocycles. The maximum absolute atomic E-state index is 14.9. The molecule has 4 aliphatic rings. The van der Waals surface area contributed by atoms with Crippen LogP contribution in [-0.4, -0.2) is 119 Å². The highest BCUT2D eigenvalue weighted by atomic mass is 16.2. The summed E-state index contributed by atoms with van der Waals surface area (Å²) in [6.45, 7) is 2.51. The van der Waals surface area contributed by atoms with Gasteiger partial charge in [-0.15, -0.1) is 0 Å². The lowest BCUT2D eigenvalue weighted by Crippen LogP contribution is -2.77. The first kappa shape index (κ1) is 29.9. The van der Waals surface area contributed by atoms with Crippen molar-refractivity contribution in [1.29, 1.82) is 0 Å². The fourth-order valence-corrected chi connectivity index (χ4v) is 7.28. The number of nitrogens with one attached hydrogen (secondary N) is 2. The third-order valence-corrected chi connectivity index (χ3v) is 9.29. The van der Waals surface area contributed by atoms with E-state index >= 15 is 0 Å². The Bertz CT molecular complexity index is 1300. The quantitative estimate of drug-likeness (QED) is 0.398. The lowest BCUT2D eigenvalue weighted by atomic mass is 9.88. The van der Waals surface area contributed by atoms with E-state index in [0.717, 1.165) is 35.3 Å². The van der Waals surface area contributed by atoms with Gasteiger partial charge in [0.1, 0.15) is 0 Å². The Labute approximate surface area is 258 Å². The van der Waals surface area contributed by atoms with Gasteiger partial charge in [0, 0.05) is 13.1 Å². The van der Waals surface area contributed by atoms with Crippen molar-refractivity contribution < 1.29 is 19.2 Å². The average molecular weight is 603 g/mol. The van der Waals surface area contributed by atoms with Gasteiger partial charge in [-0.3, -0.25) is 29.2 Å². The van der Waals surface area contributed by atoms with E-state index < -0.39 is 35.2 Å². The fraction of sp³-hybridized carbons (Fsp3) is 0.500. The third kappa shape index (κ3) is 4.34. The molecule has 2 N–H and O–H groups in total. The zero-order valence-electron chi connectivity index (χ0n) is 26.0. The van der Waals surface area contributed by atoms with Gasteiger partial charge in [-0.05, 0) is 76.4 Å². The summed E-state index contributed by atoms with van der Waals surface area (Å²) in [5, 5.41) is 6.13. The van der Waals surface area contributed by atoms with Crippen molar-refractivity contribution >= 4 is 23.9 Å². The number of carbonyl (C=O) groups is 4. The molecular weight excluding hydrogens is 560 g/mol. The largest absolute Gasteiger partial charge is 0.352 e. The second-order valence-electron chi connectivity index (χ2n) is 12.6. The average Bonchev–Trinajstić information content (AvgIpc) is 3.17. The van der Waals surface area contributed by atoms with Crippen molar-refractivity contribution in [1.82, 2.24) is 40.0 Å². The summed E-state index contributed by atoms with van der Waals surface area (Å²) < 4.78 is 0. The molecule has 6 amide bonds. The molecule has 4 aliphatic heterocycles. The minimum atomic E-state index is -1.94. The molecule has 2 fully saturated rings. The monoisotopic (exact) mass is 602 g/mol. The summed E-state index contributed by atoms with van der Waals surface area (Å²) in [4.78, 5) is 69.2. The standard InChI is InChI=1S/C32H42N8O4/c1-35(2)17-9-15-33-27(41)31-32(28(42)34-16-10-18-36(3)4)39-21-25-13-7-8-14-26(25)22-40(32)30(44)38(31)20-24-12-6-5-11-23(24)19-37(31)29(39)43/h5-8,11-14H,9-10,15-22H2,1-4H3,(H,33,41)(H,34,42). The van der Waals surface area contributed by atoms with Crippen LogP contribution in [0.2, 0.25) is 0 Å². The van der Waals surface area contributed by atoms with Gasteiger partial charge in [0.05, 0.1) is 26.2 Å². The van der Waals surface area contributed by atoms with Crippen LogP contribution >= 0.6 is 0 Å². The molecule has 0 saturated carbocycles. The van der Waals surface area contributed by atoms with Gasteiger partial charge >= 0.3 is 12.1 Å². The Hall–Kier alpha value is -4.16. The molecule has 2 aromatic carbocycles. The maximum atomic E-state index is 14.9. The van der Waals surface area contributed by atoms with Crippen LogP contribution in [0.5, 0.6) is 0 Å². The van der Waals surface area contributed by atoms with Crippen LogP contribution in [-0.2, 0) is 35.8 Å². The predicted molar refractivity (Wildman–Crippen MR) is 164 cm³/mol. The molecule has 2 saturated heterocycles. The van der Waals surface area contributed by atoms with E-state index in [9.17, 15) is 19.2 Å². The summed E-state index contributed by atoms with van der Waals surface area (Å²) in [6.07, 6.45) is 1.33. The molecule has 0 atom stereocenters. The summed E-state index contributed by atoms with van der Waals surface area (Å²) in [5.74, 6) is -1.05. The highest BCUT2D eigenvalue weighted by Gasteiger charge is 2.85. The van der Waals surface area contributed by atoms with Gasteiger partial charge in [-0.1, -0.05) is 48.5 Å². The first-order chi connectivity index (χ1) is 21.1. The number of amides is 6. The number of benzene rings is 2. The molecule has 234 valence electrons. The van der Waals surface area contributed by atoms with Crippen molar-refractivity contribution in [3.63, 3.8) is 0 Å². The third-order valence-electron chi connectivity index (χ3n) is 9.29. The Morgan fingerprint density at radius 2 is 0.909 bits per heavy atom. The van der Waals surface area contributed by atoms with Crippen LogP contribution < -0.4 is 10.6 Å². The second kappa shape index (κ2) is 11.4. The van der Waals surface area contributed by atoms with E-state index in [0.29, 0.717) is 25.9 Å². The molecule has 6 rings (SSSR count). The molecule has 2 aromatic rings. The molecule has 0 spiro atoms. The van der Waals surface area contributed by atoms with Crippen LogP contribution in [0.1, 0.15) is 35.1 Å². The second-order valence-corrected chi connectivity index (χ2v) is 12.6. The van der Waals surface area contributed by atoms with Crippen LogP contribution in [0, 0.1) is 0 Å². The molecule has 4 heterocycles. The van der Waals surface area contributed by atoms with E-state index in [-0.39, 0.29) is 26.2 Å². The van der Waals surface area contributed by atoms with Crippen molar-refractivity contribution in [2.45, 2.75) is 50.3 Å². The number of rotatable bonds is 10. The van der Waals surface area contributed by atoms with Crippen molar-refractivity contribution in [3.8, 4) is 0 Å². The molecule has 12 heteroatoms. The Balaban J connectivity index is 1.54. The molecule has 0 radical (unpaired) electrons. The topological polar surface area (TPSA) is 112 Å². The molecule has 44 heavy (non-hydrogen) atoms. The zero-order chi connectivity index (χ0) is 31.2. The smallest absolute Gasteiger partial charge is 0.325 e. The minimum Gasteiger partial charge on any atom is -0.352 e. The van der Waals surface area contributed by atoms with Gasteiger partial charge in [-0.2, -0.15) is 0 Å². The van der Waals surface area contributed by atoms with E-state index in [1.807, 2.05) is 86.5 Å². The van der Waals surface area contributed by atoms with Crippen molar-refractivity contribution in [2.75, 3.05) is 54.4 Å². The summed E-state index contributed by atoms with van der Waals surface area (Å²) >= 11 is 0. The van der Waals surface area contributed by atoms with E-state index in [1.165, 1.54) is 19.6 Å². The number of carbonyl (C=O) groups excluding carboxylic acids is 4. The molecule has 12 nitrogen and oxygen atoms in total. The van der Waals surface area contributed by atoms with Crippen LogP contribution in [0.4, 0.5) is 9.59 Å². The molecule has 0 aromatic heterocycles. The Morgan fingerprint density at radius 1 is 0.614 bits per heavy atom. The zero-order valence-corrected chi connectivity index (χ0v) is 26.0. The maximum Gasteiger partial charge on any atom is 0.325 e. The van der Waals surface area contributed by atoms with E-state index in [1.54, 1.807) is 0 Å². The number of nitrogens with zero attached hydrogens (tertiary/aromatic N) is 6. The Morgan fingerprint density at radius 3 is 1.18 bits per heavy atom. The lowest BCUT2D eigenvalue weighted by molar-refractivity contribution is -0.163. The van der Waals surface area contributed by atoms with E-state index in [4.69, 9.17) is 0 Å². The number of hydrogen-bond donors (Lipinski definition) is 2.